The third-order valence-electron chi connectivity index (χ3n) is 5.10. The number of H-pyrrole nitrogens is 1. The molecule has 0 spiro atoms. The van der Waals surface area contributed by atoms with Crippen molar-refractivity contribution in [2.75, 3.05) is 5.32 Å². The topological polar surface area (TPSA) is 149 Å². The van der Waals surface area contributed by atoms with E-state index < -0.39 is 16.7 Å². The van der Waals surface area contributed by atoms with Crippen LogP contribution in [0.3, 0.4) is 0 Å². The smallest absolute Gasteiger partial charge is 0.395 e. The highest BCUT2D eigenvalue weighted by atomic mass is 32.1. The summed E-state index contributed by atoms with van der Waals surface area (Å²) in [6.07, 6.45) is 3.27. The third kappa shape index (κ3) is 3.60. The van der Waals surface area contributed by atoms with Gasteiger partial charge in [0.1, 0.15) is 16.4 Å². The molecule has 4 aromatic heterocycles. The fourth-order valence-electron chi connectivity index (χ4n) is 3.59. The van der Waals surface area contributed by atoms with E-state index >= 15 is 0 Å². The zero-order chi connectivity index (χ0) is 22.2. The van der Waals surface area contributed by atoms with Crippen LogP contribution in [0.2, 0.25) is 0 Å². The number of aromatic amines is 1. The van der Waals surface area contributed by atoms with Gasteiger partial charge in [-0.05, 0) is 43.2 Å². The molecule has 0 bridgehead atoms. The average molecular weight is 452 g/mol. The van der Waals surface area contributed by atoms with Gasteiger partial charge in [0.2, 0.25) is 5.95 Å². The first kappa shape index (κ1) is 19.9. The highest BCUT2D eigenvalue weighted by Gasteiger charge is 2.22. The predicted molar refractivity (Wildman–Crippen MR) is 115 cm³/mol. The number of nitrogens with zero attached hydrogens (tertiary/aromatic N) is 4. The summed E-state index contributed by atoms with van der Waals surface area (Å²) in [4.78, 5) is 43.6. The van der Waals surface area contributed by atoms with Crippen molar-refractivity contribution in [2.45, 2.75) is 25.7 Å². The number of carbonyl (C=O) groups excluding carboxylic acids is 1. The minimum absolute atomic E-state index is 0.180. The number of fused-ring (bicyclic) bond motifs is 1. The molecule has 11 nitrogen and oxygen atoms in total. The van der Waals surface area contributed by atoms with Gasteiger partial charge in [0, 0.05) is 11.6 Å². The highest BCUT2D eigenvalue weighted by Crippen LogP contribution is 2.28. The summed E-state index contributed by atoms with van der Waals surface area (Å²) in [6, 6.07) is 7.71. The van der Waals surface area contributed by atoms with Gasteiger partial charge >= 0.3 is 5.88 Å². The van der Waals surface area contributed by atoms with Gasteiger partial charge in [0.15, 0.2) is 5.76 Å². The van der Waals surface area contributed by atoms with Crippen molar-refractivity contribution < 1.29 is 14.1 Å². The second-order valence-corrected chi connectivity index (χ2v) is 8.12. The first-order valence-electron chi connectivity index (χ1n) is 9.81. The van der Waals surface area contributed by atoms with E-state index in [1.807, 2.05) is 17.5 Å². The van der Waals surface area contributed by atoms with Crippen LogP contribution in [0.15, 0.2) is 44.9 Å². The Morgan fingerprint density at radius 2 is 2.12 bits per heavy atom. The number of nitro groups is 1. The van der Waals surface area contributed by atoms with E-state index in [2.05, 4.69) is 20.4 Å². The second-order valence-electron chi connectivity index (χ2n) is 7.17. The SMILES string of the molecule is O=C(Nc1cc(-c2cccs2)nn1-c1nc2c(c(=O)[nH]1)CCCC2)c1ccc([N+](=O)[O-])o1. The first-order chi connectivity index (χ1) is 15.5. The Balaban J connectivity index is 1.56. The lowest BCUT2D eigenvalue weighted by Gasteiger charge is -2.15. The van der Waals surface area contributed by atoms with Crippen molar-refractivity contribution in [3.8, 4) is 16.5 Å². The van der Waals surface area contributed by atoms with E-state index in [4.69, 9.17) is 4.42 Å². The monoisotopic (exact) mass is 452 g/mol. The molecular formula is C20H16N6O5S. The summed E-state index contributed by atoms with van der Waals surface area (Å²) in [5, 5.41) is 19.9. The van der Waals surface area contributed by atoms with E-state index in [0.717, 1.165) is 29.5 Å². The fourth-order valence-corrected chi connectivity index (χ4v) is 4.27. The summed E-state index contributed by atoms with van der Waals surface area (Å²) in [7, 11) is 0. The molecule has 5 rings (SSSR count). The van der Waals surface area contributed by atoms with E-state index in [-0.39, 0.29) is 23.1 Å². The summed E-state index contributed by atoms with van der Waals surface area (Å²) in [5.74, 6) is -1.05. The molecule has 0 saturated heterocycles. The lowest BCUT2D eigenvalue weighted by atomic mass is 9.97. The number of amides is 1. The van der Waals surface area contributed by atoms with Crippen LogP contribution in [0.5, 0.6) is 0 Å². The van der Waals surface area contributed by atoms with Crippen LogP contribution in [0.25, 0.3) is 16.5 Å². The maximum atomic E-state index is 12.7. The Hall–Kier alpha value is -4.06. The van der Waals surface area contributed by atoms with Crippen molar-refractivity contribution >= 4 is 28.9 Å². The van der Waals surface area contributed by atoms with Gasteiger partial charge in [-0.3, -0.25) is 24.7 Å². The lowest BCUT2D eigenvalue weighted by Crippen LogP contribution is -2.24. The zero-order valence-electron chi connectivity index (χ0n) is 16.5. The van der Waals surface area contributed by atoms with E-state index in [0.29, 0.717) is 24.1 Å². The zero-order valence-corrected chi connectivity index (χ0v) is 17.3. The van der Waals surface area contributed by atoms with Crippen LogP contribution in [-0.2, 0) is 12.8 Å². The van der Waals surface area contributed by atoms with Gasteiger partial charge in [-0.25, -0.2) is 4.98 Å². The van der Waals surface area contributed by atoms with Crippen LogP contribution in [-0.4, -0.2) is 30.6 Å². The van der Waals surface area contributed by atoms with Gasteiger partial charge in [0.05, 0.1) is 16.6 Å². The number of anilines is 1. The first-order valence-corrected chi connectivity index (χ1v) is 10.7. The summed E-state index contributed by atoms with van der Waals surface area (Å²) in [6.45, 7) is 0. The minimum atomic E-state index is -0.725. The van der Waals surface area contributed by atoms with E-state index in [1.54, 1.807) is 6.07 Å². The number of carbonyl (C=O) groups is 1. The largest absolute Gasteiger partial charge is 0.433 e. The normalized spacial score (nSPS) is 13.0. The van der Waals surface area contributed by atoms with E-state index in [9.17, 15) is 19.7 Å². The van der Waals surface area contributed by atoms with Crippen LogP contribution >= 0.6 is 11.3 Å². The Labute approximate surface area is 183 Å². The molecule has 1 aliphatic carbocycles. The number of rotatable bonds is 5. The number of thiophene rings is 1. The molecule has 2 N–H and O–H groups in total. The molecule has 4 aromatic rings. The van der Waals surface area contributed by atoms with Gasteiger partial charge in [-0.15, -0.1) is 11.3 Å². The molecule has 0 aliphatic heterocycles. The maximum Gasteiger partial charge on any atom is 0.433 e. The van der Waals surface area contributed by atoms with Gasteiger partial charge < -0.3 is 9.73 Å². The number of hydrogen-bond acceptors (Lipinski definition) is 8. The summed E-state index contributed by atoms with van der Waals surface area (Å²) in [5.41, 5.74) is 1.75. The molecule has 12 heteroatoms. The molecule has 4 heterocycles. The highest BCUT2D eigenvalue weighted by molar-refractivity contribution is 7.13. The lowest BCUT2D eigenvalue weighted by molar-refractivity contribution is -0.402. The van der Waals surface area contributed by atoms with Crippen molar-refractivity contribution in [1.29, 1.82) is 0 Å². The number of furan rings is 1. The maximum absolute atomic E-state index is 12.7. The Morgan fingerprint density at radius 1 is 1.28 bits per heavy atom. The molecule has 0 atom stereocenters. The molecule has 1 amide bonds. The quantitative estimate of drug-likeness (QED) is 0.348. The van der Waals surface area contributed by atoms with Gasteiger partial charge in [0.25, 0.3) is 11.5 Å². The van der Waals surface area contributed by atoms with Crippen LogP contribution in [0, 0.1) is 10.1 Å². The number of aromatic nitrogens is 4. The van der Waals surface area contributed by atoms with Crippen molar-refractivity contribution in [3.63, 3.8) is 0 Å². The summed E-state index contributed by atoms with van der Waals surface area (Å²) < 4.78 is 6.33. The predicted octanol–water partition coefficient (Wildman–Crippen LogP) is 3.32. The van der Waals surface area contributed by atoms with Crippen LogP contribution < -0.4 is 10.9 Å². The van der Waals surface area contributed by atoms with Crippen molar-refractivity contribution in [2.24, 2.45) is 0 Å². The third-order valence-corrected chi connectivity index (χ3v) is 5.99. The van der Waals surface area contributed by atoms with E-state index in [1.165, 1.54) is 22.1 Å². The molecule has 0 radical (unpaired) electrons. The van der Waals surface area contributed by atoms with Crippen LogP contribution in [0.1, 0.15) is 34.7 Å². The number of aryl methyl sites for hydroxylation is 1. The molecule has 0 aromatic carbocycles. The Bertz CT molecular complexity index is 1380. The number of hydrogen-bond donors (Lipinski definition) is 2. The second kappa shape index (κ2) is 7.89. The molecule has 32 heavy (non-hydrogen) atoms. The van der Waals surface area contributed by atoms with Crippen molar-refractivity contribution in [1.82, 2.24) is 19.7 Å². The fraction of sp³-hybridized carbons (Fsp3) is 0.200. The van der Waals surface area contributed by atoms with Gasteiger partial charge in [-0.2, -0.15) is 9.78 Å². The van der Waals surface area contributed by atoms with Crippen molar-refractivity contribution in [3.05, 3.63) is 73.2 Å². The Kier molecular flexibility index (Phi) is 4.90. The molecule has 1 aliphatic rings. The number of nitrogens with one attached hydrogen (secondary N) is 2. The Morgan fingerprint density at radius 3 is 2.88 bits per heavy atom. The molecule has 0 saturated carbocycles. The molecule has 162 valence electrons. The standard InChI is InChI=1S/C20H16N6O5S/c27-18-11-4-1-2-5-12(11)21-20(23-18)25-16(10-13(24-25)15-6-3-9-32-15)22-19(28)14-7-8-17(31-14)26(29)30/h3,6-10H,1-2,4-5H2,(H,22,28)(H,21,23,27). The molecule has 0 unspecified atom stereocenters. The molecule has 0 fully saturated rings. The molecular weight excluding hydrogens is 436 g/mol. The summed E-state index contributed by atoms with van der Waals surface area (Å²) >= 11 is 1.47. The minimum Gasteiger partial charge on any atom is -0.395 e. The average Bonchev–Trinajstić information content (AvgIpc) is 3.53. The van der Waals surface area contributed by atoms with Gasteiger partial charge in [-0.1, -0.05) is 6.07 Å². The van der Waals surface area contributed by atoms with Crippen LogP contribution in [0.4, 0.5) is 11.7 Å².